The summed E-state index contributed by atoms with van der Waals surface area (Å²) in [6.45, 7) is 1.24. The highest BCUT2D eigenvalue weighted by atomic mass is 16.4. The van der Waals surface area contributed by atoms with E-state index in [1.54, 1.807) is 12.4 Å². The summed E-state index contributed by atoms with van der Waals surface area (Å²) in [4.78, 5) is 38.9. The number of fused-ring (bicyclic) bond motifs is 1. The number of rotatable bonds is 4. The standard InChI is InChI=1S/C11H14N4O5/c16-9(17)5-7(10(18)19)13-11(20)15-4-3-14-2-1-12-8(14)6-15/h1-2,7H,3-6H2,(H,13,20)(H,16,17)(H,18,19)/t7-/m0/s1. The van der Waals surface area contributed by atoms with Crippen LogP contribution in [0.15, 0.2) is 12.4 Å². The highest BCUT2D eigenvalue weighted by molar-refractivity contribution is 5.86. The van der Waals surface area contributed by atoms with Crippen LogP contribution in [0.4, 0.5) is 4.79 Å². The van der Waals surface area contributed by atoms with Crippen LogP contribution in [-0.4, -0.2) is 55.2 Å². The van der Waals surface area contributed by atoms with Crippen molar-refractivity contribution in [1.82, 2.24) is 19.8 Å². The number of carbonyl (C=O) groups is 3. The Morgan fingerprint density at radius 1 is 1.35 bits per heavy atom. The van der Waals surface area contributed by atoms with Gasteiger partial charge in [-0.1, -0.05) is 0 Å². The van der Waals surface area contributed by atoms with Gasteiger partial charge in [0, 0.05) is 25.5 Å². The Labute approximate surface area is 113 Å². The zero-order valence-corrected chi connectivity index (χ0v) is 10.5. The number of imidazole rings is 1. The number of carboxylic acids is 2. The topological polar surface area (TPSA) is 125 Å². The molecule has 9 nitrogen and oxygen atoms in total. The molecule has 1 atom stereocenters. The number of amides is 2. The monoisotopic (exact) mass is 282 g/mol. The Balaban J connectivity index is 1.98. The first kappa shape index (κ1) is 13.8. The lowest BCUT2D eigenvalue weighted by Gasteiger charge is -2.28. The molecule has 0 bridgehead atoms. The zero-order chi connectivity index (χ0) is 14.7. The fourth-order valence-corrected chi connectivity index (χ4v) is 1.96. The first-order chi connectivity index (χ1) is 9.47. The molecule has 0 saturated heterocycles. The number of urea groups is 1. The molecule has 1 aromatic rings. The van der Waals surface area contributed by atoms with Gasteiger partial charge in [0.1, 0.15) is 11.9 Å². The van der Waals surface area contributed by atoms with Crippen molar-refractivity contribution in [2.75, 3.05) is 6.54 Å². The number of carbonyl (C=O) groups excluding carboxylic acids is 1. The van der Waals surface area contributed by atoms with Crippen LogP contribution in [0.3, 0.4) is 0 Å². The van der Waals surface area contributed by atoms with Crippen molar-refractivity contribution in [1.29, 1.82) is 0 Å². The maximum atomic E-state index is 11.9. The summed E-state index contributed by atoms with van der Waals surface area (Å²) in [5.74, 6) is -1.96. The lowest BCUT2D eigenvalue weighted by Crippen LogP contribution is -2.50. The predicted molar refractivity (Wildman–Crippen MR) is 64.8 cm³/mol. The second kappa shape index (κ2) is 5.59. The van der Waals surface area contributed by atoms with Crippen molar-refractivity contribution in [3.8, 4) is 0 Å². The molecule has 0 radical (unpaired) electrons. The third-order valence-corrected chi connectivity index (χ3v) is 3.01. The van der Waals surface area contributed by atoms with E-state index >= 15 is 0 Å². The van der Waals surface area contributed by atoms with Crippen molar-refractivity contribution >= 4 is 18.0 Å². The Bertz CT molecular complexity index is 541. The van der Waals surface area contributed by atoms with Gasteiger partial charge in [-0.15, -0.1) is 0 Å². The normalized spacial score (nSPS) is 15.3. The van der Waals surface area contributed by atoms with Gasteiger partial charge in [-0.2, -0.15) is 0 Å². The summed E-state index contributed by atoms with van der Waals surface area (Å²) in [6.07, 6.45) is 2.76. The Morgan fingerprint density at radius 3 is 2.75 bits per heavy atom. The molecule has 0 unspecified atom stereocenters. The summed E-state index contributed by atoms with van der Waals surface area (Å²) in [6, 6.07) is -2.05. The van der Waals surface area contributed by atoms with E-state index in [0.717, 1.165) is 0 Å². The van der Waals surface area contributed by atoms with Gasteiger partial charge >= 0.3 is 18.0 Å². The molecule has 2 rings (SSSR count). The van der Waals surface area contributed by atoms with Crippen molar-refractivity contribution in [2.24, 2.45) is 0 Å². The van der Waals surface area contributed by atoms with Gasteiger partial charge < -0.3 is 25.0 Å². The Kier molecular flexibility index (Phi) is 3.87. The molecule has 0 saturated carbocycles. The number of hydrogen-bond donors (Lipinski definition) is 3. The Hall–Kier alpha value is -2.58. The molecule has 9 heteroatoms. The SMILES string of the molecule is O=C(O)C[C@H](NC(=O)N1CCn2ccnc2C1)C(=O)O. The lowest BCUT2D eigenvalue weighted by atomic mass is 10.2. The summed E-state index contributed by atoms with van der Waals surface area (Å²) in [5, 5.41) is 19.7. The van der Waals surface area contributed by atoms with Gasteiger partial charge in [0.2, 0.25) is 0 Å². The van der Waals surface area contributed by atoms with Gasteiger partial charge in [-0.3, -0.25) is 4.79 Å². The summed E-state index contributed by atoms with van der Waals surface area (Å²) < 4.78 is 1.90. The van der Waals surface area contributed by atoms with Gasteiger partial charge in [0.05, 0.1) is 13.0 Å². The number of hydrogen-bond acceptors (Lipinski definition) is 4. The molecule has 3 N–H and O–H groups in total. The molecule has 1 aliphatic rings. The van der Waals surface area contributed by atoms with Crippen LogP contribution in [0.25, 0.3) is 0 Å². The number of nitrogens with zero attached hydrogens (tertiary/aromatic N) is 3. The van der Waals surface area contributed by atoms with E-state index in [-0.39, 0.29) is 6.54 Å². The quantitative estimate of drug-likeness (QED) is 0.673. The molecule has 108 valence electrons. The molecule has 0 aromatic carbocycles. The zero-order valence-electron chi connectivity index (χ0n) is 10.5. The van der Waals surface area contributed by atoms with Crippen LogP contribution in [0, 0.1) is 0 Å². The van der Waals surface area contributed by atoms with Crippen LogP contribution in [0.2, 0.25) is 0 Å². The van der Waals surface area contributed by atoms with E-state index in [4.69, 9.17) is 10.2 Å². The highest BCUT2D eigenvalue weighted by Crippen LogP contribution is 2.10. The second-order valence-electron chi connectivity index (χ2n) is 4.40. The maximum Gasteiger partial charge on any atom is 0.326 e. The highest BCUT2D eigenvalue weighted by Gasteiger charge is 2.27. The fraction of sp³-hybridized carbons (Fsp3) is 0.455. The molecular weight excluding hydrogens is 268 g/mol. The summed E-state index contributed by atoms with van der Waals surface area (Å²) in [7, 11) is 0. The minimum atomic E-state index is -1.44. The van der Waals surface area contributed by atoms with Gasteiger partial charge in [-0.25, -0.2) is 14.6 Å². The molecule has 2 heterocycles. The van der Waals surface area contributed by atoms with Crippen LogP contribution < -0.4 is 5.32 Å². The molecular formula is C11H14N4O5. The van der Waals surface area contributed by atoms with Crippen molar-refractivity contribution in [3.63, 3.8) is 0 Å². The third-order valence-electron chi connectivity index (χ3n) is 3.01. The van der Waals surface area contributed by atoms with Crippen LogP contribution in [0.1, 0.15) is 12.2 Å². The number of carboxylic acid groups (broad SMARTS) is 2. The van der Waals surface area contributed by atoms with E-state index in [1.165, 1.54) is 4.90 Å². The summed E-state index contributed by atoms with van der Waals surface area (Å²) in [5.41, 5.74) is 0. The molecule has 0 spiro atoms. The Morgan fingerprint density at radius 2 is 2.10 bits per heavy atom. The smallest absolute Gasteiger partial charge is 0.326 e. The van der Waals surface area contributed by atoms with E-state index < -0.39 is 30.4 Å². The fourth-order valence-electron chi connectivity index (χ4n) is 1.96. The first-order valence-corrected chi connectivity index (χ1v) is 5.97. The van der Waals surface area contributed by atoms with Crippen LogP contribution in [-0.2, 0) is 22.7 Å². The molecule has 2 amide bonds. The number of aliphatic carboxylic acids is 2. The minimum Gasteiger partial charge on any atom is -0.481 e. The largest absolute Gasteiger partial charge is 0.481 e. The average molecular weight is 282 g/mol. The third kappa shape index (κ3) is 3.05. The summed E-state index contributed by atoms with van der Waals surface area (Å²) >= 11 is 0. The molecule has 1 aliphatic heterocycles. The minimum absolute atomic E-state index is 0.262. The van der Waals surface area contributed by atoms with Crippen molar-refractivity contribution in [3.05, 3.63) is 18.2 Å². The predicted octanol–water partition coefficient (Wildman–Crippen LogP) is -0.664. The van der Waals surface area contributed by atoms with E-state index in [2.05, 4.69) is 10.3 Å². The van der Waals surface area contributed by atoms with E-state index in [0.29, 0.717) is 18.9 Å². The van der Waals surface area contributed by atoms with Crippen LogP contribution >= 0.6 is 0 Å². The molecule has 0 aliphatic carbocycles. The van der Waals surface area contributed by atoms with E-state index in [9.17, 15) is 14.4 Å². The van der Waals surface area contributed by atoms with Crippen molar-refractivity contribution in [2.45, 2.75) is 25.6 Å². The number of nitrogens with one attached hydrogen (secondary N) is 1. The molecule has 20 heavy (non-hydrogen) atoms. The maximum absolute atomic E-state index is 11.9. The molecule has 1 aromatic heterocycles. The van der Waals surface area contributed by atoms with Crippen LogP contribution in [0.5, 0.6) is 0 Å². The first-order valence-electron chi connectivity index (χ1n) is 5.97. The van der Waals surface area contributed by atoms with E-state index in [1.807, 2.05) is 4.57 Å². The lowest BCUT2D eigenvalue weighted by molar-refractivity contribution is -0.145. The van der Waals surface area contributed by atoms with Gasteiger partial charge in [-0.05, 0) is 0 Å². The number of aromatic nitrogens is 2. The van der Waals surface area contributed by atoms with Gasteiger partial charge in [0.15, 0.2) is 0 Å². The van der Waals surface area contributed by atoms with Gasteiger partial charge in [0.25, 0.3) is 0 Å². The average Bonchev–Trinajstić information content (AvgIpc) is 2.84. The van der Waals surface area contributed by atoms with Crippen molar-refractivity contribution < 1.29 is 24.6 Å². The second-order valence-corrected chi connectivity index (χ2v) is 4.40. The molecule has 0 fully saturated rings.